The van der Waals surface area contributed by atoms with Crippen LogP contribution in [0.25, 0.3) is 0 Å². The molecule has 2 heterocycles. The molecule has 2 aliphatic heterocycles. The molecule has 2 aromatic carbocycles. The zero-order chi connectivity index (χ0) is 20.9. The first-order valence-corrected chi connectivity index (χ1v) is 10.7. The number of piperidine rings is 1. The minimum absolute atomic E-state index is 0.00280. The number of fused-ring (bicyclic) bond motifs is 1. The van der Waals surface area contributed by atoms with Gasteiger partial charge in [-0.2, -0.15) is 0 Å². The number of nitrogens with zero attached hydrogens (tertiary/aromatic N) is 1. The van der Waals surface area contributed by atoms with E-state index in [0.717, 1.165) is 12.8 Å². The fraction of sp³-hybridized carbons (Fsp3) is 0.417. The van der Waals surface area contributed by atoms with Gasteiger partial charge in [0.25, 0.3) is 0 Å². The molecule has 0 radical (unpaired) electrons. The van der Waals surface area contributed by atoms with Gasteiger partial charge in [-0.25, -0.2) is 0 Å². The molecule has 30 heavy (non-hydrogen) atoms. The van der Waals surface area contributed by atoms with E-state index in [-0.39, 0.29) is 24.5 Å². The lowest BCUT2D eigenvalue weighted by Crippen LogP contribution is -2.41. The van der Waals surface area contributed by atoms with Crippen LogP contribution < -0.4 is 14.8 Å². The topological polar surface area (TPSA) is 67.9 Å². The summed E-state index contributed by atoms with van der Waals surface area (Å²) in [5, 5.41) is 2.96. The van der Waals surface area contributed by atoms with Gasteiger partial charge in [0.1, 0.15) is 0 Å². The maximum absolute atomic E-state index is 12.6. The fourth-order valence-corrected chi connectivity index (χ4v) is 3.96. The van der Waals surface area contributed by atoms with Crippen molar-refractivity contribution in [1.29, 1.82) is 0 Å². The standard InChI is InChI=1S/C24H28N2O4/c1-2-17-3-5-18(6-4-17)7-10-23(27)26-13-11-19(12-14-26)24(28)25-20-8-9-21-22(15-20)30-16-29-21/h3-6,8-9,15,19H,2,7,10-14,16H2,1H3,(H,25,28). The van der Waals surface area contributed by atoms with E-state index in [1.54, 1.807) is 12.1 Å². The summed E-state index contributed by atoms with van der Waals surface area (Å²) in [5.41, 5.74) is 3.21. The van der Waals surface area contributed by atoms with Crippen LogP contribution in [0.15, 0.2) is 42.5 Å². The van der Waals surface area contributed by atoms with Crippen molar-refractivity contribution in [2.24, 2.45) is 5.92 Å². The third kappa shape index (κ3) is 4.75. The average Bonchev–Trinajstić information content (AvgIpc) is 3.26. The molecule has 6 nitrogen and oxygen atoms in total. The summed E-state index contributed by atoms with van der Waals surface area (Å²) in [4.78, 5) is 27.1. The van der Waals surface area contributed by atoms with Crippen LogP contribution in [0.3, 0.4) is 0 Å². The number of rotatable bonds is 6. The Bertz CT molecular complexity index is 902. The minimum Gasteiger partial charge on any atom is -0.454 e. The SMILES string of the molecule is CCc1ccc(CCC(=O)N2CCC(C(=O)Nc3ccc4c(c3)OCO4)CC2)cc1. The third-order valence-electron chi connectivity index (χ3n) is 5.92. The molecule has 2 aliphatic rings. The number of carbonyl (C=O) groups is 2. The highest BCUT2D eigenvalue weighted by Crippen LogP contribution is 2.34. The molecule has 2 aromatic rings. The van der Waals surface area contributed by atoms with Crippen LogP contribution in [0.1, 0.15) is 37.3 Å². The van der Waals surface area contributed by atoms with Gasteiger partial charge in [0.15, 0.2) is 11.5 Å². The van der Waals surface area contributed by atoms with Crippen LogP contribution in [0.2, 0.25) is 0 Å². The summed E-state index contributed by atoms with van der Waals surface area (Å²) >= 11 is 0. The number of aryl methyl sites for hydroxylation is 2. The summed E-state index contributed by atoms with van der Waals surface area (Å²) in [5.74, 6) is 1.43. The first-order valence-electron chi connectivity index (χ1n) is 10.7. The Hall–Kier alpha value is -3.02. The van der Waals surface area contributed by atoms with Gasteiger partial charge in [-0.05, 0) is 48.9 Å². The van der Waals surface area contributed by atoms with Crippen LogP contribution in [0, 0.1) is 5.92 Å². The molecule has 4 rings (SSSR count). The van der Waals surface area contributed by atoms with Gasteiger partial charge in [0, 0.05) is 37.2 Å². The fourth-order valence-electron chi connectivity index (χ4n) is 3.96. The number of hydrogen-bond donors (Lipinski definition) is 1. The molecule has 0 bridgehead atoms. The highest BCUT2D eigenvalue weighted by Gasteiger charge is 2.27. The van der Waals surface area contributed by atoms with E-state index >= 15 is 0 Å². The molecule has 0 unspecified atom stereocenters. The second-order valence-corrected chi connectivity index (χ2v) is 7.88. The molecule has 0 aliphatic carbocycles. The van der Waals surface area contributed by atoms with Gasteiger partial charge < -0.3 is 19.7 Å². The van der Waals surface area contributed by atoms with Crippen molar-refractivity contribution in [2.75, 3.05) is 25.2 Å². The summed E-state index contributed by atoms with van der Waals surface area (Å²) in [6.07, 6.45) is 3.67. The molecule has 0 aromatic heterocycles. The number of benzene rings is 2. The molecule has 0 atom stereocenters. The van der Waals surface area contributed by atoms with E-state index in [2.05, 4.69) is 36.5 Å². The van der Waals surface area contributed by atoms with Gasteiger partial charge in [-0.15, -0.1) is 0 Å². The van der Waals surface area contributed by atoms with E-state index < -0.39 is 0 Å². The van der Waals surface area contributed by atoms with Crippen molar-refractivity contribution in [1.82, 2.24) is 4.90 Å². The Morgan fingerprint density at radius 2 is 1.70 bits per heavy atom. The number of likely N-dealkylation sites (tertiary alicyclic amines) is 1. The molecule has 6 heteroatoms. The second kappa shape index (κ2) is 9.20. The second-order valence-electron chi connectivity index (χ2n) is 7.88. The van der Waals surface area contributed by atoms with Crippen molar-refractivity contribution in [3.8, 4) is 11.5 Å². The van der Waals surface area contributed by atoms with Crippen LogP contribution in [0.4, 0.5) is 5.69 Å². The summed E-state index contributed by atoms with van der Waals surface area (Å²) in [6.45, 7) is 3.61. The predicted molar refractivity (Wildman–Crippen MR) is 115 cm³/mol. The van der Waals surface area contributed by atoms with Crippen molar-refractivity contribution >= 4 is 17.5 Å². The van der Waals surface area contributed by atoms with Gasteiger partial charge in [0.05, 0.1) is 0 Å². The Morgan fingerprint density at radius 3 is 2.43 bits per heavy atom. The number of hydrogen-bond acceptors (Lipinski definition) is 4. The van der Waals surface area contributed by atoms with Crippen molar-refractivity contribution in [3.63, 3.8) is 0 Å². The molecular formula is C24H28N2O4. The van der Waals surface area contributed by atoms with E-state index in [4.69, 9.17) is 9.47 Å². The molecule has 2 amide bonds. The highest BCUT2D eigenvalue weighted by atomic mass is 16.7. The molecule has 158 valence electrons. The van der Waals surface area contributed by atoms with Crippen LogP contribution in [-0.2, 0) is 22.4 Å². The maximum Gasteiger partial charge on any atom is 0.231 e. The number of anilines is 1. The normalized spacial score (nSPS) is 15.8. The van der Waals surface area contributed by atoms with E-state index in [9.17, 15) is 9.59 Å². The summed E-state index contributed by atoms with van der Waals surface area (Å²) < 4.78 is 10.7. The Morgan fingerprint density at radius 1 is 1.00 bits per heavy atom. The quantitative estimate of drug-likeness (QED) is 0.790. The van der Waals surface area contributed by atoms with Crippen molar-refractivity contribution in [2.45, 2.75) is 39.0 Å². The minimum atomic E-state index is -0.0824. The van der Waals surface area contributed by atoms with Gasteiger partial charge in [-0.1, -0.05) is 31.2 Å². The maximum atomic E-state index is 12.6. The van der Waals surface area contributed by atoms with Gasteiger partial charge in [0.2, 0.25) is 18.6 Å². The predicted octanol–water partition coefficient (Wildman–Crippen LogP) is 3.79. The largest absolute Gasteiger partial charge is 0.454 e. The number of amides is 2. The van der Waals surface area contributed by atoms with Gasteiger partial charge >= 0.3 is 0 Å². The molecule has 1 N–H and O–H groups in total. The Balaban J connectivity index is 1.22. The zero-order valence-corrected chi connectivity index (χ0v) is 17.4. The first kappa shape index (κ1) is 20.3. The monoisotopic (exact) mass is 408 g/mol. The molecular weight excluding hydrogens is 380 g/mol. The first-order chi connectivity index (χ1) is 14.6. The highest BCUT2D eigenvalue weighted by molar-refractivity contribution is 5.93. The Labute approximate surface area is 177 Å². The molecule has 0 spiro atoms. The van der Waals surface area contributed by atoms with Crippen LogP contribution in [0.5, 0.6) is 11.5 Å². The number of ether oxygens (including phenoxy) is 2. The lowest BCUT2D eigenvalue weighted by molar-refractivity contribution is -0.134. The molecule has 1 fully saturated rings. The van der Waals surface area contributed by atoms with E-state index in [1.165, 1.54) is 11.1 Å². The van der Waals surface area contributed by atoms with E-state index in [1.807, 2.05) is 11.0 Å². The summed E-state index contributed by atoms with van der Waals surface area (Å²) in [6, 6.07) is 13.9. The lowest BCUT2D eigenvalue weighted by atomic mass is 9.95. The smallest absolute Gasteiger partial charge is 0.231 e. The van der Waals surface area contributed by atoms with Crippen LogP contribution >= 0.6 is 0 Å². The lowest BCUT2D eigenvalue weighted by Gasteiger charge is -2.31. The van der Waals surface area contributed by atoms with Crippen molar-refractivity contribution in [3.05, 3.63) is 53.6 Å². The number of nitrogens with one attached hydrogen (secondary N) is 1. The Kier molecular flexibility index (Phi) is 6.21. The summed E-state index contributed by atoms with van der Waals surface area (Å²) in [7, 11) is 0. The van der Waals surface area contributed by atoms with Crippen LogP contribution in [-0.4, -0.2) is 36.6 Å². The number of carbonyl (C=O) groups excluding carboxylic acids is 2. The van der Waals surface area contributed by atoms with E-state index in [0.29, 0.717) is 49.5 Å². The average molecular weight is 408 g/mol. The van der Waals surface area contributed by atoms with Crippen molar-refractivity contribution < 1.29 is 19.1 Å². The zero-order valence-electron chi connectivity index (χ0n) is 17.4. The molecule has 1 saturated heterocycles. The molecule has 0 saturated carbocycles. The third-order valence-corrected chi connectivity index (χ3v) is 5.92. The van der Waals surface area contributed by atoms with Gasteiger partial charge in [-0.3, -0.25) is 9.59 Å².